The van der Waals surface area contributed by atoms with Crippen molar-refractivity contribution in [3.8, 4) is 0 Å². The molecule has 0 bridgehead atoms. The number of rotatable bonds is 1. The van der Waals surface area contributed by atoms with Crippen LogP contribution in [0.5, 0.6) is 0 Å². The zero-order valence-electron chi connectivity index (χ0n) is 5.75. The Morgan fingerprint density at radius 2 is 2.36 bits per heavy atom. The first-order valence-electron chi connectivity index (χ1n) is 3.30. The highest BCUT2D eigenvalue weighted by molar-refractivity contribution is 9.08. The van der Waals surface area contributed by atoms with E-state index in [0.717, 1.165) is 10.8 Å². The Morgan fingerprint density at radius 3 is 3.18 bits per heavy atom. The van der Waals surface area contributed by atoms with Gasteiger partial charge in [0.1, 0.15) is 0 Å². The summed E-state index contributed by atoms with van der Waals surface area (Å²) in [6, 6.07) is 6.25. The van der Waals surface area contributed by atoms with Crippen LogP contribution in [0.25, 0.3) is 10.9 Å². The normalized spacial score (nSPS) is 10.6. The largest absolute Gasteiger partial charge is 0.192 e. The summed E-state index contributed by atoms with van der Waals surface area (Å²) in [5.74, 6) is 0. The van der Waals surface area contributed by atoms with E-state index in [1.807, 2.05) is 0 Å². The van der Waals surface area contributed by atoms with Crippen LogP contribution in [0.3, 0.4) is 0 Å². The van der Waals surface area contributed by atoms with E-state index >= 15 is 0 Å². The highest BCUT2D eigenvalue weighted by atomic mass is 79.9. The number of aromatic nitrogens is 1. The first-order valence-corrected chi connectivity index (χ1v) is 5.25. The molecule has 0 N–H and O–H groups in total. The summed E-state index contributed by atoms with van der Waals surface area (Å²) in [5, 5.41) is 4.20. The molecule has 0 aliphatic carbocycles. The summed E-state index contributed by atoms with van der Waals surface area (Å²) in [5.41, 5.74) is 2.40. The molecule has 1 heterocycles. The molecule has 56 valence electrons. The van der Waals surface area contributed by atoms with Gasteiger partial charge in [0.15, 0.2) is 0 Å². The van der Waals surface area contributed by atoms with Crippen LogP contribution in [0.4, 0.5) is 0 Å². The van der Waals surface area contributed by atoms with Gasteiger partial charge in [0.05, 0.1) is 5.52 Å². The Labute approximate surface area is 77.3 Å². The van der Waals surface area contributed by atoms with Crippen molar-refractivity contribution in [2.24, 2.45) is 0 Å². The molecule has 0 atom stereocenters. The SMILES string of the molecule is BrCc1cccc2csnc12. The lowest BCUT2D eigenvalue weighted by Gasteiger charge is -1.94. The zero-order chi connectivity index (χ0) is 7.68. The highest BCUT2D eigenvalue weighted by Gasteiger charge is 2.00. The van der Waals surface area contributed by atoms with Crippen molar-refractivity contribution in [3.05, 3.63) is 29.1 Å². The van der Waals surface area contributed by atoms with E-state index < -0.39 is 0 Å². The second kappa shape index (κ2) is 2.91. The summed E-state index contributed by atoms with van der Waals surface area (Å²) in [7, 11) is 0. The third-order valence-corrected chi connectivity index (χ3v) is 2.87. The van der Waals surface area contributed by atoms with E-state index in [1.54, 1.807) is 0 Å². The third-order valence-electron chi connectivity index (χ3n) is 1.62. The average molecular weight is 228 g/mol. The van der Waals surface area contributed by atoms with Crippen LogP contribution in [0.1, 0.15) is 5.56 Å². The molecule has 0 amide bonds. The Kier molecular flexibility index (Phi) is 1.92. The quantitative estimate of drug-likeness (QED) is 0.683. The predicted octanol–water partition coefficient (Wildman–Crippen LogP) is 3.19. The van der Waals surface area contributed by atoms with Gasteiger partial charge in [-0.2, -0.15) is 4.37 Å². The second-order valence-corrected chi connectivity index (χ2v) is 3.49. The van der Waals surface area contributed by atoms with Crippen molar-refractivity contribution in [3.63, 3.8) is 0 Å². The molecule has 11 heavy (non-hydrogen) atoms. The number of halogens is 1. The maximum absolute atomic E-state index is 4.30. The first-order chi connectivity index (χ1) is 5.42. The summed E-state index contributed by atoms with van der Waals surface area (Å²) < 4.78 is 4.30. The minimum Gasteiger partial charge on any atom is -0.192 e. The third kappa shape index (κ3) is 1.19. The molecule has 0 saturated carbocycles. The minimum atomic E-state index is 0.883. The van der Waals surface area contributed by atoms with Crippen LogP contribution in [-0.4, -0.2) is 4.37 Å². The fraction of sp³-hybridized carbons (Fsp3) is 0.125. The highest BCUT2D eigenvalue weighted by Crippen LogP contribution is 2.20. The van der Waals surface area contributed by atoms with Gasteiger partial charge in [0, 0.05) is 16.1 Å². The zero-order valence-corrected chi connectivity index (χ0v) is 8.15. The Balaban J connectivity index is 2.79. The van der Waals surface area contributed by atoms with Crippen molar-refractivity contribution >= 4 is 38.4 Å². The molecule has 1 aromatic heterocycles. The summed E-state index contributed by atoms with van der Waals surface area (Å²) in [4.78, 5) is 0. The second-order valence-electron chi connectivity index (χ2n) is 2.30. The van der Waals surface area contributed by atoms with Crippen molar-refractivity contribution in [2.45, 2.75) is 5.33 Å². The van der Waals surface area contributed by atoms with Crippen LogP contribution < -0.4 is 0 Å². The molecule has 0 aliphatic heterocycles. The summed E-state index contributed by atoms with van der Waals surface area (Å²) >= 11 is 4.94. The average Bonchev–Trinajstić information content (AvgIpc) is 2.50. The van der Waals surface area contributed by atoms with Crippen LogP contribution in [0.15, 0.2) is 23.6 Å². The lowest BCUT2D eigenvalue weighted by molar-refractivity contribution is 1.46. The lowest BCUT2D eigenvalue weighted by atomic mass is 10.2. The van der Waals surface area contributed by atoms with Crippen molar-refractivity contribution in [1.82, 2.24) is 4.37 Å². The molecule has 0 saturated heterocycles. The maximum Gasteiger partial charge on any atom is 0.0881 e. The molecule has 2 rings (SSSR count). The predicted molar refractivity (Wildman–Crippen MR) is 52.3 cm³/mol. The molecule has 0 fully saturated rings. The van der Waals surface area contributed by atoms with Gasteiger partial charge in [-0.3, -0.25) is 0 Å². The molecule has 3 heteroatoms. The molecule has 0 spiro atoms. The van der Waals surface area contributed by atoms with Gasteiger partial charge in [0.25, 0.3) is 0 Å². The van der Waals surface area contributed by atoms with E-state index in [-0.39, 0.29) is 0 Å². The van der Waals surface area contributed by atoms with Crippen LogP contribution in [0, 0.1) is 0 Å². The van der Waals surface area contributed by atoms with Crippen molar-refractivity contribution in [2.75, 3.05) is 0 Å². The Bertz CT molecular complexity index is 369. The number of hydrogen-bond acceptors (Lipinski definition) is 2. The maximum atomic E-state index is 4.30. The minimum absolute atomic E-state index is 0.883. The monoisotopic (exact) mass is 227 g/mol. The molecule has 0 radical (unpaired) electrons. The Morgan fingerprint density at radius 1 is 1.45 bits per heavy atom. The lowest BCUT2D eigenvalue weighted by Crippen LogP contribution is -1.78. The molecular weight excluding hydrogens is 222 g/mol. The number of alkyl halides is 1. The van der Waals surface area contributed by atoms with E-state index in [2.05, 4.69) is 43.9 Å². The van der Waals surface area contributed by atoms with Crippen molar-refractivity contribution < 1.29 is 0 Å². The fourth-order valence-electron chi connectivity index (χ4n) is 1.06. The molecular formula is C8H6BrNS. The van der Waals surface area contributed by atoms with Crippen LogP contribution in [0.2, 0.25) is 0 Å². The molecule has 0 aliphatic rings. The number of benzene rings is 1. The van der Waals surface area contributed by atoms with Crippen molar-refractivity contribution in [1.29, 1.82) is 0 Å². The van der Waals surface area contributed by atoms with Crippen LogP contribution in [-0.2, 0) is 5.33 Å². The molecule has 2 aromatic rings. The number of nitrogens with zero attached hydrogens (tertiary/aromatic N) is 1. The van der Waals surface area contributed by atoms with Crippen LogP contribution >= 0.6 is 27.5 Å². The Hall–Kier alpha value is -0.410. The van der Waals surface area contributed by atoms with E-state index in [4.69, 9.17) is 0 Å². The van der Waals surface area contributed by atoms with E-state index in [9.17, 15) is 0 Å². The fourth-order valence-corrected chi connectivity index (χ4v) is 2.20. The topological polar surface area (TPSA) is 12.9 Å². The van der Waals surface area contributed by atoms with Gasteiger partial charge in [-0.05, 0) is 17.1 Å². The molecule has 0 unspecified atom stereocenters. The van der Waals surface area contributed by atoms with Gasteiger partial charge in [-0.1, -0.05) is 34.1 Å². The standard InChI is InChI=1S/C8H6BrNS/c9-4-6-2-1-3-7-5-11-10-8(6)7/h1-3,5H,4H2. The summed E-state index contributed by atoms with van der Waals surface area (Å²) in [6.45, 7) is 0. The van der Waals surface area contributed by atoms with Gasteiger partial charge in [-0.25, -0.2) is 0 Å². The van der Waals surface area contributed by atoms with Gasteiger partial charge in [0.2, 0.25) is 0 Å². The summed E-state index contributed by atoms with van der Waals surface area (Å²) in [6.07, 6.45) is 0. The first kappa shape index (κ1) is 7.25. The molecule has 1 nitrogen and oxygen atoms in total. The number of hydrogen-bond donors (Lipinski definition) is 0. The number of fused-ring (bicyclic) bond motifs is 1. The molecule has 1 aromatic carbocycles. The smallest absolute Gasteiger partial charge is 0.0881 e. The van der Waals surface area contributed by atoms with Gasteiger partial charge in [-0.15, -0.1) is 0 Å². The van der Waals surface area contributed by atoms with Gasteiger partial charge >= 0.3 is 0 Å². The van der Waals surface area contributed by atoms with E-state index in [0.29, 0.717) is 0 Å². The van der Waals surface area contributed by atoms with Gasteiger partial charge < -0.3 is 0 Å². The van der Waals surface area contributed by atoms with E-state index in [1.165, 1.54) is 22.5 Å².